The minimum Gasteiger partial charge on any atom is -0.299 e. The molecule has 1 fully saturated rings. The van der Waals surface area contributed by atoms with Crippen molar-refractivity contribution < 1.29 is 4.92 Å². The Balaban J connectivity index is 1.93. The third kappa shape index (κ3) is 3.46. The average Bonchev–Trinajstić information content (AvgIpc) is 2.40. The normalized spacial score (nSPS) is 17.0. The maximum Gasteiger partial charge on any atom is 0.269 e. The Bertz CT molecular complexity index is 402. The van der Waals surface area contributed by atoms with Crippen LogP contribution in [0.25, 0.3) is 0 Å². The van der Waals surface area contributed by atoms with E-state index < -0.39 is 0 Å². The van der Waals surface area contributed by atoms with Gasteiger partial charge in [0.05, 0.1) is 4.92 Å². The van der Waals surface area contributed by atoms with E-state index in [9.17, 15) is 10.1 Å². The van der Waals surface area contributed by atoms with E-state index in [-0.39, 0.29) is 10.6 Å². The molecule has 0 aliphatic carbocycles. The zero-order chi connectivity index (χ0) is 13.0. The lowest BCUT2D eigenvalue weighted by atomic mass is 10.1. The molecule has 1 saturated heterocycles. The standard InChI is InChI=1S/C13H18N2O2S/c1-14(12-6-8-18-9-7-12)10-11-2-4-13(5-3-11)15(16)17/h2-5,12H,6-10H2,1H3. The summed E-state index contributed by atoms with van der Waals surface area (Å²) in [5.41, 5.74) is 1.30. The van der Waals surface area contributed by atoms with Crippen molar-refractivity contribution in [2.45, 2.75) is 25.4 Å². The second kappa shape index (κ2) is 6.20. The fraction of sp³-hybridized carbons (Fsp3) is 0.538. The Hall–Kier alpha value is -1.07. The van der Waals surface area contributed by atoms with E-state index in [2.05, 4.69) is 11.9 Å². The van der Waals surface area contributed by atoms with Gasteiger partial charge in [-0.3, -0.25) is 15.0 Å². The van der Waals surface area contributed by atoms with E-state index in [0.717, 1.165) is 12.1 Å². The van der Waals surface area contributed by atoms with Gasteiger partial charge in [-0.15, -0.1) is 0 Å². The molecule has 0 atom stereocenters. The molecule has 5 heteroatoms. The summed E-state index contributed by atoms with van der Waals surface area (Å²) in [5.74, 6) is 2.49. The molecule has 1 aliphatic rings. The smallest absolute Gasteiger partial charge is 0.269 e. The van der Waals surface area contributed by atoms with Crippen molar-refractivity contribution in [2.75, 3.05) is 18.6 Å². The molecule has 0 aromatic heterocycles. The first-order valence-electron chi connectivity index (χ1n) is 6.18. The maximum absolute atomic E-state index is 10.6. The van der Waals surface area contributed by atoms with Crippen molar-refractivity contribution in [3.05, 3.63) is 39.9 Å². The third-order valence-electron chi connectivity index (χ3n) is 3.39. The van der Waals surface area contributed by atoms with Gasteiger partial charge in [0.2, 0.25) is 0 Å². The lowest BCUT2D eigenvalue weighted by molar-refractivity contribution is -0.384. The van der Waals surface area contributed by atoms with E-state index in [4.69, 9.17) is 0 Å². The Morgan fingerprint density at radius 1 is 1.33 bits per heavy atom. The summed E-state index contributed by atoms with van der Waals surface area (Å²) in [7, 11) is 2.14. The van der Waals surface area contributed by atoms with Gasteiger partial charge in [-0.1, -0.05) is 12.1 Å². The number of hydrogen-bond donors (Lipinski definition) is 0. The molecular formula is C13H18N2O2S. The van der Waals surface area contributed by atoms with Gasteiger partial charge in [-0.2, -0.15) is 11.8 Å². The summed E-state index contributed by atoms with van der Waals surface area (Å²) in [6.07, 6.45) is 2.49. The molecule has 0 amide bonds. The summed E-state index contributed by atoms with van der Waals surface area (Å²) in [6.45, 7) is 0.868. The van der Waals surface area contributed by atoms with Crippen LogP contribution in [-0.4, -0.2) is 34.4 Å². The number of thioether (sulfide) groups is 1. The molecular weight excluding hydrogens is 248 g/mol. The highest BCUT2D eigenvalue weighted by Gasteiger charge is 2.18. The van der Waals surface area contributed by atoms with Crippen LogP contribution in [0, 0.1) is 10.1 Å². The van der Waals surface area contributed by atoms with Crippen LogP contribution in [0.4, 0.5) is 5.69 Å². The van der Waals surface area contributed by atoms with Gasteiger partial charge >= 0.3 is 0 Å². The zero-order valence-electron chi connectivity index (χ0n) is 10.5. The lowest BCUT2D eigenvalue weighted by Gasteiger charge is -2.30. The molecule has 1 aromatic rings. The maximum atomic E-state index is 10.6. The van der Waals surface area contributed by atoms with Gasteiger partial charge in [-0.25, -0.2) is 0 Å². The van der Waals surface area contributed by atoms with E-state index >= 15 is 0 Å². The van der Waals surface area contributed by atoms with Gasteiger partial charge in [0, 0.05) is 24.7 Å². The van der Waals surface area contributed by atoms with Crippen molar-refractivity contribution in [3.63, 3.8) is 0 Å². The number of nitro groups is 1. The molecule has 0 saturated carbocycles. The van der Waals surface area contributed by atoms with Crippen LogP contribution in [0.3, 0.4) is 0 Å². The Morgan fingerprint density at radius 2 is 1.94 bits per heavy atom. The number of benzene rings is 1. The van der Waals surface area contributed by atoms with Gasteiger partial charge in [-0.05, 0) is 37.0 Å². The summed E-state index contributed by atoms with van der Waals surface area (Å²) < 4.78 is 0. The molecule has 0 unspecified atom stereocenters. The van der Waals surface area contributed by atoms with Crippen LogP contribution in [0.1, 0.15) is 18.4 Å². The second-order valence-corrected chi connectivity index (χ2v) is 5.91. The van der Waals surface area contributed by atoms with E-state index in [1.807, 2.05) is 23.9 Å². The van der Waals surface area contributed by atoms with Crippen molar-refractivity contribution in [3.8, 4) is 0 Å². The van der Waals surface area contributed by atoms with Crippen LogP contribution in [0.2, 0.25) is 0 Å². The molecule has 1 heterocycles. The molecule has 0 radical (unpaired) electrons. The first-order chi connectivity index (χ1) is 8.66. The summed E-state index contributed by atoms with van der Waals surface area (Å²) in [5, 5.41) is 10.6. The van der Waals surface area contributed by atoms with Crippen molar-refractivity contribution in [2.24, 2.45) is 0 Å². The predicted octanol–water partition coefficient (Wildman–Crippen LogP) is 2.92. The molecule has 2 rings (SSSR count). The monoisotopic (exact) mass is 266 g/mol. The van der Waals surface area contributed by atoms with Crippen LogP contribution in [0.5, 0.6) is 0 Å². The third-order valence-corrected chi connectivity index (χ3v) is 4.44. The first kappa shape index (κ1) is 13.4. The van der Waals surface area contributed by atoms with Crippen LogP contribution < -0.4 is 0 Å². The van der Waals surface area contributed by atoms with Crippen molar-refractivity contribution >= 4 is 17.4 Å². The largest absolute Gasteiger partial charge is 0.299 e. The van der Waals surface area contributed by atoms with E-state index in [1.54, 1.807) is 12.1 Å². The number of hydrogen-bond acceptors (Lipinski definition) is 4. The van der Waals surface area contributed by atoms with Gasteiger partial charge in [0.15, 0.2) is 0 Å². The highest BCUT2D eigenvalue weighted by molar-refractivity contribution is 7.99. The fourth-order valence-electron chi connectivity index (χ4n) is 2.27. The Labute approximate surface area is 112 Å². The van der Waals surface area contributed by atoms with E-state index in [1.165, 1.54) is 24.3 Å². The summed E-state index contributed by atoms with van der Waals surface area (Å²) in [6, 6.07) is 7.53. The predicted molar refractivity (Wildman–Crippen MR) is 74.9 cm³/mol. The molecule has 18 heavy (non-hydrogen) atoms. The van der Waals surface area contributed by atoms with Crippen LogP contribution in [0.15, 0.2) is 24.3 Å². The Kier molecular flexibility index (Phi) is 4.60. The van der Waals surface area contributed by atoms with Crippen molar-refractivity contribution in [1.82, 2.24) is 4.90 Å². The average molecular weight is 266 g/mol. The van der Waals surface area contributed by atoms with Gasteiger partial charge < -0.3 is 0 Å². The van der Waals surface area contributed by atoms with E-state index in [0.29, 0.717) is 6.04 Å². The molecule has 1 aromatic carbocycles. The van der Waals surface area contributed by atoms with Gasteiger partial charge in [0.25, 0.3) is 5.69 Å². The zero-order valence-corrected chi connectivity index (χ0v) is 11.4. The topological polar surface area (TPSA) is 46.4 Å². The summed E-state index contributed by atoms with van der Waals surface area (Å²) in [4.78, 5) is 12.6. The molecule has 0 bridgehead atoms. The fourth-order valence-corrected chi connectivity index (χ4v) is 3.35. The molecule has 1 aliphatic heterocycles. The van der Waals surface area contributed by atoms with Crippen LogP contribution >= 0.6 is 11.8 Å². The van der Waals surface area contributed by atoms with Gasteiger partial charge in [0.1, 0.15) is 0 Å². The SMILES string of the molecule is CN(Cc1ccc([N+](=O)[O-])cc1)C1CCSCC1. The number of rotatable bonds is 4. The summed E-state index contributed by atoms with van der Waals surface area (Å²) >= 11 is 2.03. The van der Waals surface area contributed by atoms with Crippen molar-refractivity contribution in [1.29, 1.82) is 0 Å². The highest BCUT2D eigenvalue weighted by atomic mass is 32.2. The number of non-ortho nitro benzene ring substituents is 1. The number of nitrogens with zero attached hydrogens (tertiary/aromatic N) is 2. The Morgan fingerprint density at radius 3 is 2.50 bits per heavy atom. The molecule has 4 nitrogen and oxygen atoms in total. The minimum absolute atomic E-state index is 0.162. The highest BCUT2D eigenvalue weighted by Crippen LogP contribution is 2.22. The van der Waals surface area contributed by atoms with Crippen LogP contribution in [-0.2, 0) is 6.54 Å². The minimum atomic E-state index is -0.355. The quantitative estimate of drug-likeness (QED) is 0.621. The molecule has 0 spiro atoms. The second-order valence-electron chi connectivity index (χ2n) is 4.68. The number of nitro benzene ring substituents is 1. The molecule has 98 valence electrons. The first-order valence-corrected chi connectivity index (χ1v) is 7.33. The lowest BCUT2D eigenvalue weighted by Crippen LogP contribution is -2.34. The molecule has 0 N–H and O–H groups in total.